The number of amides is 2. The lowest BCUT2D eigenvalue weighted by atomic mass is 10.2. The van der Waals surface area contributed by atoms with E-state index in [2.05, 4.69) is 5.32 Å². The van der Waals surface area contributed by atoms with Crippen LogP contribution in [0.15, 0.2) is 42.5 Å². The number of hydrogen-bond donors (Lipinski definition) is 1. The Hall–Kier alpha value is -3.02. The van der Waals surface area contributed by atoms with Gasteiger partial charge in [0.25, 0.3) is 0 Å². The van der Waals surface area contributed by atoms with Crippen LogP contribution in [0.25, 0.3) is 0 Å². The number of para-hydroxylation sites is 2. The molecule has 2 amide bonds. The second kappa shape index (κ2) is 9.07. The first-order valence-electron chi connectivity index (χ1n) is 8.80. The molecule has 0 aliphatic heterocycles. The van der Waals surface area contributed by atoms with Crippen molar-refractivity contribution < 1.29 is 19.1 Å². The Balaban J connectivity index is 2.22. The molecular formula is C21H26N2O4. The molecule has 0 heterocycles. The smallest absolute Gasteiger partial charge is 0.244 e. The Kier molecular flexibility index (Phi) is 6.82. The van der Waals surface area contributed by atoms with E-state index in [4.69, 9.17) is 9.47 Å². The van der Waals surface area contributed by atoms with Gasteiger partial charge in [0.2, 0.25) is 11.8 Å². The van der Waals surface area contributed by atoms with Gasteiger partial charge in [0, 0.05) is 6.92 Å². The molecule has 0 aliphatic rings. The summed E-state index contributed by atoms with van der Waals surface area (Å²) < 4.78 is 11.1. The molecule has 1 N–H and O–H groups in total. The van der Waals surface area contributed by atoms with Gasteiger partial charge in [-0.2, -0.15) is 0 Å². The summed E-state index contributed by atoms with van der Waals surface area (Å²) in [6, 6.07) is 12.7. The van der Waals surface area contributed by atoms with Gasteiger partial charge < -0.3 is 14.8 Å². The SMILES string of the molecule is COc1ccc(C)cc1N(CC(=O)Nc1ccccc1OC(C)C)C(C)=O. The zero-order valence-corrected chi connectivity index (χ0v) is 16.4. The van der Waals surface area contributed by atoms with Gasteiger partial charge in [0.1, 0.15) is 18.0 Å². The number of aryl methyl sites for hydroxylation is 1. The number of methoxy groups -OCH3 is 1. The summed E-state index contributed by atoms with van der Waals surface area (Å²) in [4.78, 5) is 26.2. The van der Waals surface area contributed by atoms with E-state index in [9.17, 15) is 9.59 Å². The minimum absolute atomic E-state index is 0.0201. The summed E-state index contributed by atoms with van der Waals surface area (Å²) in [6.45, 7) is 7.04. The van der Waals surface area contributed by atoms with E-state index < -0.39 is 0 Å². The monoisotopic (exact) mass is 370 g/mol. The second-order valence-corrected chi connectivity index (χ2v) is 6.49. The van der Waals surface area contributed by atoms with E-state index in [-0.39, 0.29) is 24.5 Å². The highest BCUT2D eigenvalue weighted by molar-refractivity contribution is 6.03. The van der Waals surface area contributed by atoms with Crippen molar-refractivity contribution in [3.05, 3.63) is 48.0 Å². The van der Waals surface area contributed by atoms with Gasteiger partial charge in [0.05, 0.1) is 24.6 Å². The quantitative estimate of drug-likeness (QED) is 0.805. The van der Waals surface area contributed by atoms with Crippen molar-refractivity contribution in [2.24, 2.45) is 0 Å². The summed E-state index contributed by atoms with van der Waals surface area (Å²) in [5.74, 6) is 0.546. The molecular weight excluding hydrogens is 344 g/mol. The van der Waals surface area contributed by atoms with Crippen molar-refractivity contribution in [3.63, 3.8) is 0 Å². The Labute approximate surface area is 160 Å². The molecule has 2 aromatic carbocycles. The van der Waals surface area contributed by atoms with Crippen LogP contribution in [-0.2, 0) is 9.59 Å². The average molecular weight is 370 g/mol. The maximum atomic E-state index is 12.6. The number of hydrogen-bond acceptors (Lipinski definition) is 4. The summed E-state index contributed by atoms with van der Waals surface area (Å²) >= 11 is 0. The van der Waals surface area contributed by atoms with Crippen LogP contribution in [0.1, 0.15) is 26.3 Å². The molecule has 0 bridgehead atoms. The highest BCUT2D eigenvalue weighted by atomic mass is 16.5. The second-order valence-electron chi connectivity index (χ2n) is 6.49. The highest BCUT2D eigenvalue weighted by Crippen LogP contribution is 2.30. The van der Waals surface area contributed by atoms with Crippen LogP contribution in [0.2, 0.25) is 0 Å². The zero-order chi connectivity index (χ0) is 20.0. The molecule has 0 saturated carbocycles. The minimum atomic E-state index is -0.325. The van der Waals surface area contributed by atoms with Crippen LogP contribution in [0, 0.1) is 6.92 Å². The Morgan fingerprint density at radius 1 is 1.11 bits per heavy atom. The fourth-order valence-corrected chi connectivity index (χ4v) is 2.64. The molecule has 0 fully saturated rings. The van der Waals surface area contributed by atoms with Gasteiger partial charge in [0.15, 0.2) is 0 Å². The molecule has 6 nitrogen and oxygen atoms in total. The number of ether oxygens (including phenoxy) is 2. The fraction of sp³-hybridized carbons (Fsp3) is 0.333. The van der Waals surface area contributed by atoms with E-state index in [1.54, 1.807) is 18.2 Å². The predicted molar refractivity (Wildman–Crippen MR) is 107 cm³/mol. The van der Waals surface area contributed by atoms with Gasteiger partial charge in [-0.15, -0.1) is 0 Å². The molecule has 0 spiro atoms. The lowest BCUT2D eigenvalue weighted by molar-refractivity contribution is -0.120. The highest BCUT2D eigenvalue weighted by Gasteiger charge is 2.20. The van der Waals surface area contributed by atoms with Crippen LogP contribution >= 0.6 is 0 Å². The van der Waals surface area contributed by atoms with Gasteiger partial charge in [-0.05, 0) is 50.6 Å². The maximum Gasteiger partial charge on any atom is 0.244 e. The van der Waals surface area contributed by atoms with Crippen molar-refractivity contribution in [1.29, 1.82) is 0 Å². The number of carbonyl (C=O) groups excluding carboxylic acids is 2. The third kappa shape index (κ3) is 5.48. The Morgan fingerprint density at radius 3 is 2.44 bits per heavy atom. The van der Waals surface area contributed by atoms with Crippen molar-refractivity contribution in [3.8, 4) is 11.5 Å². The van der Waals surface area contributed by atoms with Gasteiger partial charge >= 0.3 is 0 Å². The molecule has 0 aliphatic carbocycles. The molecule has 0 radical (unpaired) electrons. The molecule has 2 rings (SSSR count). The van der Waals surface area contributed by atoms with Gasteiger partial charge in [-0.3, -0.25) is 14.5 Å². The standard InChI is InChI=1S/C21H26N2O4/c1-14(2)27-19-9-7-6-8-17(19)22-21(25)13-23(16(4)24)18-12-15(3)10-11-20(18)26-5/h6-12,14H,13H2,1-5H3,(H,22,25). The Bertz CT molecular complexity index is 818. The van der Waals surface area contributed by atoms with Crippen LogP contribution in [0.3, 0.4) is 0 Å². The average Bonchev–Trinajstić information content (AvgIpc) is 2.60. The lowest BCUT2D eigenvalue weighted by Gasteiger charge is -2.23. The van der Waals surface area contributed by atoms with E-state index in [0.717, 1.165) is 5.56 Å². The first kappa shape index (κ1) is 20.3. The van der Waals surface area contributed by atoms with E-state index in [1.807, 2.05) is 45.0 Å². The summed E-state index contributed by atoms with van der Waals surface area (Å²) in [6.07, 6.45) is -0.0201. The first-order chi connectivity index (χ1) is 12.8. The van der Waals surface area contributed by atoms with Crippen molar-refractivity contribution in [2.75, 3.05) is 23.9 Å². The van der Waals surface area contributed by atoms with Crippen LogP contribution in [0.5, 0.6) is 11.5 Å². The lowest BCUT2D eigenvalue weighted by Crippen LogP contribution is -2.37. The van der Waals surface area contributed by atoms with Crippen molar-refractivity contribution in [1.82, 2.24) is 0 Å². The predicted octanol–water partition coefficient (Wildman–Crippen LogP) is 3.78. The third-order valence-electron chi connectivity index (χ3n) is 3.83. The molecule has 6 heteroatoms. The summed E-state index contributed by atoms with van der Waals surface area (Å²) in [5, 5.41) is 2.82. The number of carbonyl (C=O) groups is 2. The van der Waals surface area contributed by atoms with Crippen LogP contribution in [-0.4, -0.2) is 31.6 Å². The summed E-state index contributed by atoms with van der Waals surface area (Å²) in [5.41, 5.74) is 2.09. The maximum absolute atomic E-state index is 12.6. The number of anilines is 2. The number of benzene rings is 2. The van der Waals surface area contributed by atoms with Crippen LogP contribution in [0.4, 0.5) is 11.4 Å². The Morgan fingerprint density at radius 2 is 1.81 bits per heavy atom. The van der Waals surface area contributed by atoms with Gasteiger partial charge in [-0.25, -0.2) is 0 Å². The van der Waals surface area contributed by atoms with Crippen molar-refractivity contribution >= 4 is 23.2 Å². The number of nitrogens with one attached hydrogen (secondary N) is 1. The van der Waals surface area contributed by atoms with Gasteiger partial charge in [-0.1, -0.05) is 18.2 Å². The normalized spacial score (nSPS) is 10.4. The largest absolute Gasteiger partial charge is 0.495 e. The molecule has 27 heavy (non-hydrogen) atoms. The topological polar surface area (TPSA) is 67.9 Å². The van der Waals surface area contributed by atoms with E-state index in [1.165, 1.54) is 18.9 Å². The molecule has 0 saturated heterocycles. The molecule has 0 unspecified atom stereocenters. The molecule has 0 atom stereocenters. The van der Waals surface area contributed by atoms with E-state index >= 15 is 0 Å². The van der Waals surface area contributed by atoms with Crippen molar-refractivity contribution in [2.45, 2.75) is 33.8 Å². The molecule has 2 aromatic rings. The molecule has 144 valence electrons. The van der Waals surface area contributed by atoms with E-state index in [0.29, 0.717) is 22.9 Å². The summed E-state index contributed by atoms with van der Waals surface area (Å²) in [7, 11) is 1.53. The fourth-order valence-electron chi connectivity index (χ4n) is 2.64. The number of nitrogens with zero attached hydrogens (tertiary/aromatic N) is 1. The minimum Gasteiger partial charge on any atom is -0.495 e. The molecule has 0 aromatic heterocycles. The number of rotatable bonds is 7. The first-order valence-corrected chi connectivity index (χ1v) is 8.80. The van der Waals surface area contributed by atoms with Crippen LogP contribution < -0.4 is 19.7 Å². The zero-order valence-electron chi connectivity index (χ0n) is 16.4. The third-order valence-corrected chi connectivity index (χ3v) is 3.83.